The Morgan fingerprint density at radius 1 is 1.05 bits per heavy atom. The largest absolute Gasteiger partial charge is 0.383 e. The van der Waals surface area contributed by atoms with Crippen LogP contribution in [0.5, 0.6) is 0 Å². The number of nitrogens with zero attached hydrogens (tertiary/aromatic N) is 3. The number of methoxy groups -OCH3 is 1. The van der Waals surface area contributed by atoms with Gasteiger partial charge < -0.3 is 30.9 Å². The molecule has 0 unspecified atom stereocenters. The Balaban J connectivity index is 1.21. The van der Waals surface area contributed by atoms with Gasteiger partial charge in [-0.3, -0.25) is 5.32 Å². The number of thiazole rings is 1. The van der Waals surface area contributed by atoms with Crippen LogP contribution in [0.15, 0.2) is 36.5 Å². The lowest BCUT2D eigenvalue weighted by atomic mass is 10.0. The highest BCUT2D eigenvalue weighted by Crippen LogP contribution is 2.45. The van der Waals surface area contributed by atoms with Gasteiger partial charge in [-0.1, -0.05) is 6.07 Å². The summed E-state index contributed by atoms with van der Waals surface area (Å²) in [4.78, 5) is 26.2. The van der Waals surface area contributed by atoms with Crippen LogP contribution in [0.4, 0.5) is 15.6 Å². The van der Waals surface area contributed by atoms with Crippen molar-refractivity contribution in [2.45, 2.75) is 13.0 Å². The van der Waals surface area contributed by atoms with E-state index in [0.717, 1.165) is 95.0 Å². The standard InChI is InChI=1S/C29H36N8O2S2/c1-39-15-12-30-8-9-33-29(38)36-28-26(21-6-7-32-18-24(21)41-28)27-35-22-4-2-19(16-23(22)40-27)20-3-5-25(34-17-20)37-13-10-31-11-14-37/h2-5,16-17,30-32H,6-15,18H2,1H3,(H2,33,36,38). The molecule has 12 heteroatoms. The molecular weight excluding hydrogens is 557 g/mol. The van der Waals surface area contributed by atoms with Gasteiger partial charge in [0.25, 0.3) is 0 Å². The molecule has 3 aromatic heterocycles. The predicted octanol–water partition coefficient (Wildman–Crippen LogP) is 3.50. The summed E-state index contributed by atoms with van der Waals surface area (Å²) in [6.45, 7) is 8.30. The lowest BCUT2D eigenvalue weighted by Crippen LogP contribution is -2.43. The van der Waals surface area contributed by atoms with Gasteiger partial charge in [0, 0.05) is 81.7 Å². The zero-order chi connectivity index (χ0) is 28.0. The molecule has 0 radical (unpaired) electrons. The number of aromatic nitrogens is 2. The van der Waals surface area contributed by atoms with Crippen molar-refractivity contribution in [3.63, 3.8) is 0 Å². The summed E-state index contributed by atoms with van der Waals surface area (Å²) in [5, 5.41) is 18.0. The van der Waals surface area contributed by atoms with Crippen molar-refractivity contribution in [1.82, 2.24) is 31.2 Å². The molecule has 2 amide bonds. The van der Waals surface area contributed by atoms with E-state index in [1.54, 1.807) is 29.8 Å². The summed E-state index contributed by atoms with van der Waals surface area (Å²) >= 11 is 3.32. The number of hydrogen-bond acceptors (Lipinski definition) is 10. The van der Waals surface area contributed by atoms with Gasteiger partial charge >= 0.3 is 6.03 Å². The topological polar surface area (TPSA) is 115 Å². The number of fused-ring (bicyclic) bond motifs is 2. The third-order valence-corrected chi connectivity index (χ3v) is 9.53. The van der Waals surface area contributed by atoms with Crippen LogP contribution >= 0.6 is 22.7 Å². The van der Waals surface area contributed by atoms with Gasteiger partial charge in [-0.25, -0.2) is 14.8 Å². The van der Waals surface area contributed by atoms with E-state index in [9.17, 15) is 4.79 Å². The summed E-state index contributed by atoms with van der Waals surface area (Å²) in [6, 6.07) is 10.5. The fourth-order valence-electron chi connectivity index (χ4n) is 5.21. The molecule has 2 aliphatic heterocycles. The highest BCUT2D eigenvalue weighted by atomic mass is 32.1. The molecule has 5 heterocycles. The van der Waals surface area contributed by atoms with Gasteiger partial charge in [0.1, 0.15) is 15.8 Å². The maximum Gasteiger partial charge on any atom is 0.319 e. The maximum atomic E-state index is 12.8. The number of carbonyl (C=O) groups is 1. The van der Waals surface area contributed by atoms with Crippen molar-refractivity contribution in [2.24, 2.45) is 0 Å². The minimum absolute atomic E-state index is 0.202. The first-order valence-corrected chi connectivity index (χ1v) is 15.8. The third-order valence-electron chi connectivity index (χ3n) is 7.35. The molecule has 41 heavy (non-hydrogen) atoms. The number of nitrogens with one attached hydrogen (secondary N) is 5. The number of carbonyl (C=O) groups excluding carboxylic acids is 1. The molecule has 4 aromatic rings. The van der Waals surface area contributed by atoms with E-state index in [4.69, 9.17) is 14.7 Å². The first kappa shape index (κ1) is 28.0. The highest BCUT2D eigenvalue weighted by molar-refractivity contribution is 7.23. The minimum atomic E-state index is -0.202. The van der Waals surface area contributed by atoms with Crippen LogP contribution in [0, 0.1) is 0 Å². The minimum Gasteiger partial charge on any atom is -0.383 e. The monoisotopic (exact) mass is 592 g/mol. The van der Waals surface area contributed by atoms with Gasteiger partial charge in [-0.05, 0) is 48.4 Å². The fourth-order valence-corrected chi connectivity index (χ4v) is 7.57. The molecule has 1 fully saturated rings. The van der Waals surface area contributed by atoms with Gasteiger partial charge in [0.15, 0.2) is 0 Å². The average Bonchev–Trinajstić information content (AvgIpc) is 3.59. The summed E-state index contributed by atoms with van der Waals surface area (Å²) in [5.41, 5.74) is 5.53. The molecular formula is C29H36N8O2S2. The second-order valence-electron chi connectivity index (χ2n) is 10.1. The Hall–Kier alpha value is -3.13. The molecule has 0 spiro atoms. The van der Waals surface area contributed by atoms with Crippen LogP contribution in [0.1, 0.15) is 10.4 Å². The number of rotatable bonds is 10. The molecule has 6 rings (SSSR count). The van der Waals surface area contributed by atoms with E-state index in [1.165, 1.54) is 10.4 Å². The highest BCUT2D eigenvalue weighted by Gasteiger charge is 2.25. The lowest BCUT2D eigenvalue weighted by Gasteiger charge is -2.28. The molecule has 10 nitrogen and oxygen atoms in total. The van der Waals surface area contributed by atoms with Crippen molar-refractivity contribution in [2.75, 3.05) is 76.3 Å². The molecule has 1 saturated heterocycles. The average molecular weight is 593 g/mol. The van der Waals surface area contributed by atoms with E-state index < -0.39 is 0 Å². The Labute approximate surface area is 247 Å². The third kappa shape index (κ3) is 6.53. The molecule has 0 atom stereocenters. The lowest BCUT2D eigenvalue weighted by molar-refractivity contribution is 0.199. The zero-order valence-electron chi connectivity index (χ0n) is 23.2. The summed E-state index contributed by atoms with van der Waals surface area (Å²) in [5.74, 6) is 1.03. The fraction of sp³-hybridized carbons (Fsp3) is 0.414. The van der Waals surface area contributed by atoms with Crippen molar-refractivity contribution < 1.29 is 9.53 Å². The summed E-state index contributed by atoms with van der Waals surface area (Å²) < 4.78 is 6.16. The van der Waals surface area contributed by atoms with Gasteiger partial charge in [-0.15, -0.1) is 22.7 Å². The van der Waals surface area contributed by atoms with E-state index >= 15 is 0 Å². The first-order valence-electron chi connectivity index (χ1n) is 14.1. The molecule has 5 N–H and O–H groups in total. The number of piperazine rings is 1. The van der Waals surface area contributed by atoms with E-state index in [-0.39, 0.29) is 6.03 Å². The number of hydrogen-bond donors (Lipinski definition) is 5. The van der Waals surface area contributed by atoms with E-state index in [0.29, 0.717) is 19.7 Å². The smallest absolute Gasteiger partial charge is 0.319 e. The van der Waals surface area contributed by atoms with Crippen molar-refractivity contribution >= 4 is 49.7 Å². The van der Waals surface area contributed by atoms with Crippen LogP contribution < -0.4 is 31.5 Å². The second kappa shape index (κ2) is 13.2. The molecule has 216 valence electrons. The molecule has 1 aromatic carbocycles. The maximum absolute atomic E-state index is 12.8. The van der Waals surface area contributed by atoms with Crippen molar-refractivity contribution in [1.29, 1.82) is 0 Å². The predicted molar refractivity (Wildman–Crippen MR) is 168 cm³/mol. The van der Waals surface area contributed by atoms with Crippen LogP contribution in [-0.4, -0.2) is 82.1 Å². The number of anilines is 2. The summed E-state index contributed by atoms with van der Waals surface area (Å²) in [6.07, 6.45) is 2.89. The number of amides is 2. The molecule has 0 saturated carbocycles. The van der Waals surface area contributed by atoms with Crippen molar-refractivity contribution in [3.05, 3.63) is 47.0 Å². The zero-order valence-corrected chi connectivity index (χ0v) is 24.8. The second-order valence-corrected chi connectivity index (χ2v) is 12.2. The number of ether oxygens (including phenoxy) is 1. The number of benzene rings is 1. The quantitative estimate of drug-likeness (QED) is 0.178. The number of pyridine rings is 1. The van der Waals surface area contributed by atoms with Gasteiger partial charge in [0.05, 0.1) is 16.8 Å². The van der Waals surface area contributed by atoms with Gasteiger partial charge in [-0.2, -0.15) is 0 Å². The van der Waals surface area contributed by atoms with Crippen LogP contribution in [0.25, 0.3) is 31.9 Å². The first-order chi connectivity index (χ1) is 20.2. The Kier molecular flexibility index (Phi) is 9.04. The Bertz CT molecular complexity index is 1480. The molecule has 0 aliphatic carbocycles. The number of urea groups is 1. The normalized spacial score (nSPS) is 15.2. The Morgan fingerprint density at radius 2 is 1.93 bits per heavy atom. The van der Waals surface area contributed by atoms with E-state index in [2.05, 4.69) is 61.8 Å². The van der Waals surface area contributed by atoms with Crippen LogP contribution in [-0.2, 0) is 17.7 Å². The number of thiophene rings is 1. The Morgan fingerprint density at radius 3 is 2.76 bits per heavy atom. The van der Waals surface area contributed by atoms with E-state index in [1.807, 2.05) is 6.20 Å². The molecule has 0 bridgehead atoms. The van der Waals surface area contributed by atoms with Crippen LogP contribution in [0.3, 0.4) is 0 Å². The molecule has 2 aliphatic rings. The SMILES string of the molecule is COCCNCCNC(=O)Nc1sc2c(c1-c1nc3ccc(-c4ccc(N5CCNCC5)nc4)cc3s1)CCNC2. The van der Waals surface area contributed by atoms with Crippen molar-refractivity contribution in [3.8, 4) is 21.7 Å². The van der Waals surface area contributed by atoms with Crippen LogP contribution in [0.2, 0.25) is 0 Å². The van der Waals surface area contributed by atoms with Gasteiger partial charge in [0.2, 0.25) is 0 Å². The summed E-state index contributed by atoms with van der Waals surface area (Å²) in [7, 11) is 1.68.